The van der Waals surface area contributed by atoms with Crippen LogP contribution in [0.4, 0.5) is 10.1 Å². The molecule has 0 aliphatic rings. The summed E-state index contributed by atoms with van der Waals surface area (Å²) in [5.74, 6) is -0.852. The van der Waals surface area contributed by atoms with E-state index < -0.39 is 20.8 Å². The minimum absolute atomic E-state index is 0.0102. The highest BCUT2D eigenvalue weighted by atomic mass is 35.7. The largest absolute Gasteiger partial charge is 0.322 e. The number of aryl methyl sites for hydroxylation is 1. The van der Waals surface area contributed by atoms with Gasteiger partial charge in [0.05, 0.1) is 4.90 Å². The number of benzene rings is 2. The fourth-order valence-corrected chi connectivity index (χ4v) is 3.00. The molecule has 4 nitrogen and oxygen atoms in total. The number of carbonyl (C=O) groups is 1. The van der Waals surface area contributed by atoms with E-state index >= 15 is 0 Å². The number of amides is 1. The Morgan fingerprint density at radius 1 is 1.14 bits per heavy atom. The molecule has 1 amide bonds. The fourth-order valence-electron chi connectivity index (χ4n) is 1.81. The highest BCUT2D eigenvalue weighted by Gasteiger charge is 2.14. The minimum atomic E-state index is -3.82. The van der Waals surface area contributed by atoms with Crippen molar-refractivity contribution in [3.05, 3.63) is 59.4 Å². The van der Waals surface area contributed by atoms with Gasteiger partial charge in [-0.2, -0.15) is 0 Å². The standard InChI is InChI=1S/C14H11ClFNO3S/c1-9-8-12(6-7-13(9)21(15,19)20)17-14(18)10-2-4-11(16)5-3-10/h2-8H,1H3,(H,17,18). The van der Waals surface area contributed by atoms with Crippen LogP contribution in [0, 0.1) is 12.7 Å². The third-order valence-electron chi connectivity index (χ3n) is 2.80. The summed E-state index contributed by atoms with van der Waals surface area (Å²) in [6.45, 7) is 1.57. The molecular formula is C14H11ClFNO3S. The molecule has 2 rings (SSSR count). The number of carbonyl (C=O) groups excluding carboxylic acids is 1. The lowest BCUT2D eigenvalue weighted by Gasteiger charge is -2.08. The van der Waals surface area contributed by atoms with Gasteiger partial charge in [0, 0.05) is 21.9 Å². The van der Waals surface area contributed by atoms with Gasteiger partial charge >= 0.3 is 0 Å². The third-order valence-corrected chi connectivity index (χ3v) is 4.28. The van der Waals surface area contributed by atoms with Gasteiger partial charge in [0.2, 0.25) is 0 Å². The van der Waals surface area contributed by atoms with Crippen molar-refractivity contribution in [2.75, 3.05) is 5.32 Å². The van der Waals surface area contributed by atoms with Gasteiger partial charge in [-0.15, -0.1) is 0 Å². The van der Waals surface area contributed by atoms with E-state index in [4.69, 9.17) is 10.7 Å². The van der Waals surface area contributed by atoms with E-state index in [0.29, 0.717) is 16.8 Å². The molecule has 0 spiro atoms. The van der Waals surface area contributed by atoms with E-state index in [0.717, 1.165) is 0 Å². The Bertz CT molecular complexity index is 788. The quantitative estimate of drug-likeness (QED) is 0.880. The fraction of sp³-hybridized carbons (Fsp3) is 0.0714. The number of nitrogens with one attached hydrogen (secondary N) is 1. The van der Waals surface area contributed by atoms with Crippen molar-refractivity contribution in [3.63, 3.8) is 0 Å². The van der Waals surface area contributed by atoms with E-state index in [1.54, 1.807) is 6.92 Å². The second-order valence-corrected chi connectivity index (χ2v) is 6.91. The molecule has 0 aliphatic carbocycles. The zero-order valence-electron chi connectivity index (χ0n) is 10.9. The first-order chi connectivity index (χ1) is 9.77. The molecular weight excluding hydrogens is 317 g/mol. The van der Waals surface area contributed by atoms with Crippen molar-refractivity contribution in [1.82, 2.24) is 0 Å². The zero-order chi connectivity index (χ0) is 15.6. The summed E-state index contributed by atoms with van der Waals surface area (Å²) < 4.78 is 35.4. The summed E-state index contributed by atoms with van der Waals surface area (Å²) in [6, 6.07) is 9.33. The van der Waals surface area contributed by atoms with Gasteiger partial charge in [-0.25, -0.2) is 12.8 Å². The number of hydrogen-bond donors (Lipinski definition) is 1. The maximum atomic E-state index is 12.8. The van der Waals surface area contributed by atoms with Crippen molar-refractivity contribution in [2.24, 2.45) is 0 Å². The molecule has 0 bridgehead atoms. The molecule has 0 unspecified atom stereocenters. The monoisotopic (exact) mass is 327 g/mol. The van der Waals surface area contributed by atoms with Gasteiger partial charge < -0.3 is 5.32 Å². The molecule has 21 heavy (non-hydrogen) atoms. The Hall–Kier alpha value is -1.92. The van der Waals surface area contributed by atoms with Crippen LogP contribution in [-0.2, 0) is 9.05 Å². The van der Waals surface area contributed by atoms with Gasteiger partial charge in [0.25, 0.3) is 15.0 Å². The molecule has 0 saturated heterocycles. The van der Waals surface area contributed by atoms with E-state index in [1.807, 2.05) is 0 Å². The number of rotatable bonds is 3. The molecule has 0 radical (unpaired) electrons. The van der Waals surface area contributed by atoms with Gasteiger partial charge in [0.15, 0.2) is 0 Å². The Labute approximate surface area is 126 Å². The molecule has 7 heteroatoms. The predicted molar refractivity (Wildman–Crippen MR) is 78.6 cm³/mol. The average molecular weight is 328 g/mol. The van der Waals surface area contributed by atoms with Crippen molar-refractivity contribution in [2.45, 2.75) is 11.8 Å². The summed E-state index contributed by atoms with van der Waals surface area (Å²) in [6.07, 6.45) is 0. The molecule has 1 N–H and O–H groups in total. The summed E-state index contributed by atoms with van der Waals surface area (Å²) in [4.78, 5) is 11.9. The lowest BCUT2D eigenvalue weighted by molar-refractivity contribution is 0.102. The first kappa shape index (κ1) is 15.5. The number of hydrogen-bond acceptors (Lipinski definition) is 3. The number of anilines is 1. The maximum Gasteiger partial charge on any atom is 0.261 e. The van der Waals surface area contributed by atoms with Crippen molar-refractivity contribution >= 4 is 31.3 Å². The molecule has 2 aromatic rings. The van der Waals surface area contributed by atoms with Gasteiger partial charge in [0.1, 0.15) is 5.82 Å². The van der Waals surface area contributed by atoms with Crippen LogP contribution in [0.5, 0.6) is 0 Å². The molecule has 2 aromatic carbocycles. The van der Waals surface area contributed by atoms with Crippen LogP contribution >= 0.6 is 10.7 Å². The minimum Gasteiger partial charge on any atom is -0.322 e. The van der Waals surface area contributed by atoms with Gasteiger partial charge in [-0.3, -0.25) is 4.79 Å². The molecule has 0 atom stereocenters. The predicted octanol–water partition coefficient (Wildman–Crippen LogP) is 3.31. The Morgan fingerprint density at radius 3 is 2.29 bits per heavy atom. The van der Waals surface area contributed by atoms with Crippen molar-refractivity contribution in [3.8, 4) is 0 Å². The van der Waals surface area contributed by atoms with E-state index in [2.05, 4.69) is 5.32 Å². The lowest BCUT2D eigenvalue weighted by atomic mass is 10.2. The first-order valence-electron chi connectivity index (χ1n) is 5.89. The first-order valence-corrected chi connectivity index (χ1v) is 8.20. The van der Waals surface area contributed by atoms with E-state index in [1.165, 1.54) is 42.5 Å². The van der Waals surface area contributed by atoms with Crippen LogP contribution < -0.4 is 5.32 Å². The molecule has 0 saturated carbocycles. The smallest absolute Gasteiger partial charge is 0.261 e. The SMILES string of the molecule is Cc1cc(NC(=O)c2ccc(F)cc2)ccc1S(=O)(=O)Cl. The Morgan fingerprint density at radius 2 is 1.76 bits per heavy atom. The summed E-state index contributed by atoms with van der Waals surface area (Å²) in [7, 11) is 1.46. The molecule has 0 heterocycles. The molecule has 110 valence electrons. The summed E-state index contributed by atoms with van der Waals surface area (Å²) in [5, 5.41) is 2.60. The highest BCUT2D eigenvalue weighted by Crippen LogP contribution is 2.23. The second kappa shape index (κ2) is 5.83. The maximum absolute atomic E-state index is 12.8. The van der Waals surface area contributed by atoms with E-state index in [-0.39, 0.29) is 4.90 Å². The zero-order valence-corrected chi connectivity index (χ0v) is 12.5. The Kier molecular flexibility index (Phi) is 4.29. The van der Waals surface area contributed by atoms with Gasteiger partial charge in [-0.05, 0) is 55.0 Å². The normalized spacial score (nSPS) is 11.2. The third kappa shape index (κ3) is 3.80. The Balaban J connectivity index is 2.22. The van der Waals surface area contributed by atoms with Crippen LogP contribution in [0.15, 0.2) is 47.4 Å². The van der Waals surface area contributed by atoms with Gasteiger partial charge in [-0.1, -0.05) is 0 Å². The molecule has 0 aromatic heterocycles. The number of halogens is 2. The van der Waals surface area contributed by atoms with Crippen LogP contribution in [0.1, 0.15) is 15.9 Å². The van der Waals surface area contributed by atoms with E-state index in [9.17, 15) is 17.6 Å². The van der Waals surface area contributed by atoms with Crippen LogP contribution in [-0.4, -0.2) is 14.3 Å². The molecule has 0 fully saturated rings. The molecule has 0 aliphatic heterocycles. The van der Waals surface area contributed by atoms with Crippen LogP contribution in [0.25, 0.3) is 0 Å². The second-order valence-electron chi connectivity index (χ2n) is 4.38. The summed E-state index contributed by atoms with van der Waals surface area (Å²) >= 11 is 0. The lowest BCUT2D eigenvalue weighted by Crippen LogP contribution is -2.12. The topological polar surface area (TPSA) is 63.2 Å². The van der Waals surface area contributed by atoms with Crippen LogP contribution in [0.3, 0.4) is 0 Å². The van der Waals surface area contributed by atoms with Crippen molar-refractivity contribution < 1.29 is 17.6 Å². The highest BCUT2D eigenvalue weighted by molar-refractivity contribution is 8.13. The average Bonchev–Trinajstić information content (AvgIpc) is 2.37. The van der Waals surface area contributed by atoms with Crippen LogP contribution in [0.2, 0.25) is 0 Å². The van der Waals surface area contributed by atoms with Crippen molar-refractivity contribution in [1.29, 1.82) is 0 Å². The summed E-state index contributed by atoms with van der Waals surface area (Å²) in [5.41, 5.74) is 1.14.